The summed E-state index contributed by atoms with van der Waals surface area (Å²) in [5.74, 6) is -3.34. The predicted octanol–water partition coefficient (Wildman–Crippen LogP) is 0.0121. The van der Waals surface area contributed by atoms with Gasteiger partial charge in [-0.3, -0.25) is 4.79 Å². The number of carbonyl (C=O) groups is 2. The van der Waals surface area contributed by atoms with E-state index in [1.165, 1.54) is 7.11 Å². The SMILES string of the molecule is O=C(O)C(F)(F)F.[2H]C([2H])([2H])NCC(=O)OC. The van der Waals surface area contributed by atoms with Crippen molar-refractivity contribution in [2.75, 3.05) is 20.6 Å². The number of aliphatic carboxylic acids is 1. The van der Waals surface area contributed by atoms with E-state index < -0.39 is 25.1 Å². The lowest BCUT2D eigenvalue weighted by Gasteiger charge is -1.93. The number of carboxylic acid groups (broad SMARTS) is 1. The highest BCUT2D eigenvalue weighted by Crippen LogP contribution is 2.13. The number of esters is 1. The number of nitrogens with one attached hydrogen (secondary N) is 1. The van der Waals surface area contributed by atoms with Crippen LogP contribution in [0.25, 0.3) is 0 Å². The molecule has 0 spiro atoms. The fourth-order valence-electron chi connectivity index (χ4n) is 0.144. The van der Waals surface area contributed by atoms with Crippen LogP contribution in [0.5, 0.6) is 0 Å². The second kappa shape index (κ2) is 7.13. The number of alkyl halides is 3. The van der Waals surface area contributed by atoms with Crippen LogP contribution in [-0.2, 0) is 14.3 Å². The lowest BCUT2D eigenvalue weighted by Crippen LogP contribution is -2.21. The van der Waals surface area contributed by atoms with Crippen molar-refractivity contribution in [2.45, 2.75) is 6.18 Å². The van der Waals surface area contributed by atoms with Gasteiger partial charge in [-0.2, -0.15) is 13.2 Å². The first-order valence-electron chi connectivity index (χ1n) is 4.52. The molecule has 84 valence electrons. The van der Waals surface area contributed by atoms with Crippen molar-refractivity contribution in [1.82, 2.24) is 5.32 Å². The van der Waals surface area contributed by atoms with Gasteiger partial charge in [-0.1, -0.05) is 0 Å². The molecule has 0 bridgehead atoms. The number of hydrogen-bond acceptors (Lipinski definition) is 4. The molecule has 2 N–H and O–H groups in total. The summed E-state index contributed by atoms with van der Waals surface area (Å²) >= 11 is 0. The molecule has 0 aliphatic heterocycles. The maximum Gasteiger partial charge on any atom is 0.490 e. The highest BCUT2D eigenvalue weighted by Gasteiger charge is 2.38. The number of rotatable bonds is 2. The normalized spacial score (nSPS) is 13.9. The highest BCUT2D eigenvalue weighted by atomic mass is 19.4. The monoisotopic (exact) mass is 220 g/mol. The Balaban J connectivity index is 0. The molecule has 0 fully saturated rings. The zero-order valence-corrected chi connectivity index (χ0v) is 7.01. The van der Waals surface area contributed by atoms with Gasteiger partial charge >= 0.3 is 18.1 Å². The average molecular weight is 220 g/mol. The van der Waals surface area contributed by atoms with Gasteiger partial charge in [0.2, 0.25) is 0 Å². The molecule has 0 aromatic carbocycles. The van der Waals surface area contributed by atoms with Crippen molar-refractivity contribution in [2.24, 2.45) is 0 Å². The van der Waals surface area contributed by atoms with Gasteiger partial charge < -0.3 is 15.2 Å². The Morgan fingerprint density at radius 3 is 2.21 bits per heavy atom. The third-order valence-electron chi connectivity index (χ3n) is 0.703. The van der Waals surface area contributed by atoms with Crippen molar-refractivity contribution in [3.63, 3.8) is 0 Å². The van der Waals surface area contributed by atoms with Crippen molar-refractivity contribution in [3.8, 4) is 0 Å². The molecule has 0 aliphatic carbocycles. The van der Waals surface area contributed by atoms with Crippen molar-refractivity contribution in [3.05, 3.63) is 0 Å². The topological polar surface area (TPSA) is 75.6 Å². The maximum atomic E-state index is 10.6. The van der Waals surface area contributed by atoms with Gasteiger partial charge in [-0.25, -0.2) is 4.79 Å². The van der Waals surface area contributed by atoms with E-state index in [0.29, 0.717) is 0 Å². The van der Waals surface area contributed by atoms with Crippen LogP contribution in [0.2, 0.25) is 0 Å². The van der Waals surface area contributed by atoms with Gasteiger partial charge in [0, 0.05) is 4.11 Å². The summed E-state index contributed by atoms with van der Waals surface area (Å²) in [6.45, 7) is -2.55. The molecule has 14 heavy (non-hydrogen) atoms. The quantitative estimate of drug-likeness (QED) is 0.641. The molecule has 0 atom stereocenters. The smallest absolute Gasteiger partial charge is 0.475 e. The van der Waals surface area contributed by atoms with E-state index in [1.54, 1.807) is 0 Å². The Morgan fingerprint density at radius 1 is 1.57 bits per heavy atom. The molecule has 0 saturated heterocycles. The molecule has 0 saturated carbocycles. The lowest BCUT2D eigenvalue weighted by atomic mass is 10.7. The molecular formula is C6H10F3NO4. The first-order valence-corrected chi connectivity index (χ1v) is 3.02. The number of hydrogen-bond donors (Lipinski definition) is 2. The molecule has 0 heterocycles. The zero-order chi connectivity index (χ0) is 14.3. The van der Waals surface area contributed by atoms with Crippen LogP contribution in [0.15, 0.2) is 0 Å². The molecule has 5 nitrogen and oxygen atoms in total. The number of carbonyl (C=O) groups excluding carboxylic acids is 1. The van der Waals surface area contributed by atoms with Gasteiger partial charge in [0.15, 0.2) is 0 Å². The number of ether oxygens (including phenoxy) is 1. The third-order valence-corrected chi connectivity index (χ3v) is 0.703. The summed E-state index contributed by atoms with van der Waals surface area (Å²) in [6, 6.07) is 0. The van der Waals surface area contributed by atoms with Gasteiger partial charge in [0.25, 0.3) is 0 Å². The van der Waals surface area contributed by atoms with E-state index in [-0.39, 0.29) is 6.54 Å². The van der Waals surface area contributed by atoms with Gasteiger partial charge in [-0.15, -0.1) is 0 Å². The van der Waals surface area contributed by atoms with E-state index in [4.69, 9.17) is 14.0 Å². The van der Waals surface area contributed by atoms with E-state index in [9.17, 15) is 18.0 Å². The Morgan fingerprint density at radius 2 is 2.00 bits per heavy atom. The predicted molar refractivity (Wildman–Crippen MR) is 39.6 cm³/mol. The molecule has 0 aliphatic rings. The fraction of sp³-hybridized carbons (Fsp3) is 0.667. The van der Waals surface area contributed by atoms with Crippen LogP contribution in [-0.4, -0.2) is 43.9 Å². The van der Waals surface area contributed by atoms with E-state index in [0.717, 1.165) is 0 Å². The zero-order valence-electron chi connectivity index (χ0n) is 10.0. The number of methoxy groups -OCH3 is 1. The fourth-order valence-corrected chi connectivity index (χ4v) is 0.144. The summed E-state index contributed by atoms with van der Waals surface area (Å²) in [7, 11) is 1.20. The standard InChI is InChI=1S/C4H9NO2.C2HF3O2/c1-5-3-4(6)7-2;3-2(4,5)1(6)7/h5H,3H2,1-2H3;(H,6,7)/i1D3;. The summed E-state index contributed by atoms with van der Waals surface area (Å²) in [4.78, 5) is 19.2. The first-order chi connectivity index (χ1) is 7.40. The Labute approximate surface area is 82.1 Å². The van der Waals surface area contributed by atoms with Crippen LogP contribution >= 0.6 is 0 Å². The minimum Gasteiger partial charge on any atom is -0.475 e. The average Bonchev–Trinajstić information content (AvgIpc) is 2.12. The Hall–Kier alpha value is -1.31. The van der Waals surface area contributed by atoms with Gasteiger partial charge in [-0.05, 0) is 6.98 Å². The van der Waals surface area contributed by atoms with Crippen LogP contribution < -0.4 is 5.32 Å². The molecule has 0 amide bonds. The third kappa shape index (κ3) is 10.7. The van der Waals surface area contributed by atoms with Gasteiger partial charge in [0.1, 0.15) is 0 Å². The number of halogens is 3. The van der Waals surface area contributed by atoms with E-state index in [1.807, 2.05) is 5.32 Å². The summed E-state index contributed by atoms with van der Waals surface area (Å²) < 4.78 is 55.8. The van der Waals surface area contributed by atoms with Crippen LogP contribution in [0.3, 0.4) is 0 Å². The van der Waals surface area contributed by atoms with Gasteiger partial charge in [0.05, 0.1) is 13.7 Å². The minimum atomic E-state index is -5.08. The second-order valence-corrected chi connectivity index (χ2v) is 1.73. The number of carboxylic acids is 1. The summed E-state index contributed by atoms with van der Waals surface area (Å²) in [5, 5.41) is 9.12. The van der Waals surface area contributed by atoms with Crippen molar-refractivity contribution < 1.29 is 36.7 Å². The lowest BCUT2D eigenvalue weighted by molar-refractivity contribution is -0.192. The van der Waals surface area contributed by atoms with Crippen LogP contribution in [0.4, 0.5) is 13.2 Å². The van der Waals surface area contributed by atoms with Crippen LogP contribution in [0, 0.1) is 0 Å². The molecule has 0 aromatic rings. The summed E-state index contributed by atoms with van der Waals surface area (Å²) in [6.07, 6.45) is -5.08. The molecule has 0 radical (unpaired) electrons. The molecule has 8 heteroatoms. The molecule has 0 aromatic heterocycles. The molecule has 0 rings (SSSR count). The first kappa shape index (κ1) is 9.25. The molecular weight excluding hydrogens is 207 g/mol. The van der Waals surface area contributed by atoms with Crippen molar-refractivity contribution in [1.29, 1.82) is 0 Å². The Bertz CT molecular complexity index is 266. The van der Waals surface area contributed by atoms with Crippen LogP contribution in [0.1, 0.15) is 4.11 Å². The highest BCUT2D eigenvalue weighted by molar-refractivity contribution is 5.73. The van der Waals surface area contributed by atoms with E-state index >= 15 is 0 Å². The Kier molecular flexibility index (Phi) is 4.71. The maximum absolute atomic E-state index is 10.6. The van der Waals surface area contributed by atoms with E-state index in [2.05, 4.69) is 4.74 Å². The largest absolute Gasteiger partial charge is 0.490 e. The number of likely N-dealkylation sites (N-methyl/N-ethyl adjacent to an activating group) is 1. The summed E-state index contributed by atoms with van der Waals surface area (Å²) in [5.41, 5.74) is 0. The second-order valence-electron chi connectivity index (χ2n) is 1.73. The minimum absolute atomic E-state index is 0.285. The van der Waals surface area contributed by atoms with Crippen molar-refractivity contribution >= 4 is 11.9 Å². The molecule has 0 unspecified atom stereocenters.